The molecule has 28 heavy (non-hydrogen) atoms. The Morgan fingerprint density at radius 1 is 1.07 bits per heavy atom. The Morgan fingerprint density at radius 2 is 1.79 bits per heavy atom. The molecule has 0 aliphatic carbocycles. The van der Waals surface area contributed by atoms with Crippen LogP contribution in [0.1, 0.15) is 44.5 Å². The lowest BCUT2D eigenvalue weighted by Crippen LogP contribution is -2.36. The van der Waals surface area contributed by atoms with Gasteiger partial charge in [-0.3, -0.25) is 4.79 Å². The molecule has 0 spiro atoms. The van der Waals surface area contributed by atoms with Gasteiger partial charge in [0.1, 0.15) is 5.82 Å². The van der Waals surface area contributed by atoms with Crippen LogP contribution in [0.4, 0.5) is 5.13 Å². The number of methoxy groups -OCH3 is 1. The number of nitrogens with zero attached hydrogens (tertiary/aromatic N) is 4. The summed E-state index contributed by atoms with van der Waals surface area (Å²) in [6.07, 6.45) is 3.17. The van der Waals surface area contributed by atoms with Crippen LogP contribution >= 0.6 is 11.5 Å². The molecule has 1 heterocycles. The largest absolute Gasteiger partial charge is 0.383 e. The molecule has 0 saturated heterocycles. The van der Waals surface area contributed by atoms with Crippen molar-refractivity contribution < 1.29 is 9.53 Å². The Labute approximate surface area is 172 Å². The standard InChI is InChI=1S/C21H32N4O2S/c1-4-12-24(13-5-2)20(26)11-14-25(15-16-27-3)21-22-19(23-28-21)17-18-9-7-6-8-10-18/h6-10H,4-5,11-17H2,1-3H3. The van der Waals surface area contributed by atoms with E-state index in [-0.39, 0.29) is 5.91 Å². The van der Waals surface area contributed by atoms with E-state index >= 15 is 0 Å². The molecule has 0 N–H and O–H groups in total. The fourth-order valence-corrected chi connectivity index (χ4v) is 3.75. The number of rotatable bonds is 13. The monoisotopic (exact) mass is 404 g/mol. The number of hydrogen-bond acceptors (Lipinski definition) is 6. The molecule has 0 saturated carbocycles. The lowest BCUT2D eigenvalue weighted by atomic mass is 10.1. The first-order chi connectivity index (χ1) is 13.7. The maximum atomic E-state index is 12.6. The predicted molar refractivity (Wildman–Crippen MR) is 115 cm³/mol. The van der Waals surface area contributed by atoms with E-state index in [0.29, 0.717) is 26.1 Å². The van der Waals surface area contributed by atoms with Gasteiger partial charge in [-0.25, -0.2) is 4.98 Å². The summed E-state index contributed by atoms with van der Waals surface area (Å²) in [4.78, 5) is 21.4. The highest BCUT2D eigenvalue weighted by atomic mass is 32.1. The molecule has 0 atom stereocenters. The maximum absolute atomic E-state index is 12.6. The minimum atomic E-state index is 0.208. The second kappa shape index (κ2) is 12.5. The third-order valence-corrected chi connectivity index (χ3v) is 5.25. The second-order valence-corrected chi connectivity index (χ2v) is 7.50. The van der Waals surface area contributed by atoms with E-state index in [0.717, 1.165) is 43.3 Å². The van der Waals surface area contributed by atoms with Crippen molar-refractivity contribution in [3.05, 3.63) is 41.7 Å². The molecular formula is C21H32N4O2S. The van der Waals surface area contributed by atoms with Crippen molar-refractivity contribution in [1.82, 2.24) is 14.3 Å². The number of ether oxygens (including phenoxy) is 1. The Kier molecular flexibility index (Phi) is 9.93. The smallest absolute Gasteiger partial charge is 0.224 e. The minimum absolute atomic E-state index is 0.208. The molecule has 0 aliphatic rings. The van der Waals surface area contributed by atoms with E-state index in [2.05, 4.69) is 35.3 Å². The maximum Gasteiger partial charge on any atom is 0.224 e. The van der Waals surface area contributed by atoms with Crippen LogP contribution in [-0.4, -0.2) is 60.1 Å². The van der Waals surface area contributed by atoms with E-state index in [1.165, 1.54) is 17.1 Å². The quantitative estimate of drug-likeness (QED) is 0.510. The molecule has 1 aromatic carbocycles. The van der Waals surface area contributed by atoms with Crippen molar-refractivity contribution in [2.75, 3.05) is 44.8 Å². The van der Waals surface area contributed by atoms with E-state index in [1.54, 1.807) is 7.11 Å². The third-order valence-electron chi connectivity index (χ3n) is 4.43. The lowest BCUT2D eigenvalue weighted by Gasteiger charge is -2.25. The fraction of sp³-hybridized carbons (Fsp3) is 0.571. The Bertz CT molecular complexity index is 687. The normalized spacial score (nSPS) is 10.8. The van der Waals surface area contributed by atoms with Gasteiger partial charge in [0, 0.05) is 57.7 Å². The molecule has 2 rings (SSSR count). The van der Waals surface area contributed by atoms with Gasteiger partial charge in [0.2, 0.25) is 11.0 Å². The summed E-state index contributed by atoms with van der Waals surface area (Å²) in [5.41, 5.74) is 1.19. The van der Waals surface area contributed by atoms with Crippen molar-refractivity contribution in [2.45, 2.75) is 39.5 Å². The summed E-state index contributed by atoms with van der Waals surface area (Å²) < 4.78 is 9.76. The van der Waals surface area contributed by atoms with Crippen LogP contribution in [0.2, 0.25) is 0 Å². The van der Waals surface area contributed by atoms with Gasteiger partial charge in [0.25, 0.3) is 0 Å². The van der Waals surface area contributed by atoms with Gasteiger partial charge >= 0.3 is 0 Å². The van der Waals surface area contributed by atoms with Gasteiger partial charge in [-0.1, -0.05) is 44.2 Å². The highest BCUT2D eigenvalue weighted by molar-refractivity contribution is 7.09. The molecule has 1 aromatic heterocycles. The SMILES string of the molecule is CCCN(CCC)C(=O)CCN(CCOC)c1nc(Cc2ccccc2)ns1. The van der Waals surface area contributed by atoms with Gasteiger partial charge in [-0.15, -0.1) is 0 Å². The molecular weight excluding hydrogens is 372 g/mol. The number of carbonyl (C=O) groups excluding carboxylic acids is 1. The molecule has 2 aromatic rings. The van der Waals surface area contributed by atoms with E-state index in [1.807, 2.05) is 23.1 Å². The van der Waals surface area contributed by atoms with Crippen LogP contribution in [0.5, 0.6) is 0 Å². The summed E-state index contributed by atoms with van der Waals surface area (Å²) in [5, 5.41) is 0.855. The van der Waals surface area contributed by atoms with Crippen LogP contribution in [0, 0.1) is 0 Å². The lowest BCUT2D eigenvalue weighted by molar-refractivity contribution is -0.131. The minimum Gasteiger partial charge on any atom is -0.383 e. The van der Waals surface area contributed by atoms with Crippen LogP contribution in [-0.2, 0) is 16.0 Å². The fourth-order valence-electron chi connectivity index (χ4n) is 3.02. The van der Waals surface area contributed by atoms with Gasteiger partial charge in [-0.05, 0) is 18.4 Å². The van der Waals surface area contributed by atoms with Crippen molar-refractivity contribution in [2.24, 2.45) is 0 Å². The van der Waals surface area contributed by atoms with Gasteiger partial charge in [-0.2, -0.15) is 4.37 Å². The molecule has 6 nitrogen and oxygen atoms in total. The van der Waals surface area contributed by atoms with Crippen LogP contribution in [0.25, 0.3) is 0 Å². The summed E-state index contributed by atoms with van der Waals surface area (Å²) >= 11 is 1.39. The molecule has 0 fully saturated rings. The Hall–Kier alpha value is -1.99. The summed E-state index contributed by atoms with van der Waals surface area (Å²) in [6.45, 7) is 7.79. The Morgan fingerprint density at radius 3 is 2.43 bits per heavy atom. The highest BCUT2D eigenvalue weighted by Crippen LogP contribution is 2.19. The zero-order valence-electron chi connectivity index (χ0n) is 17.3. The molecule has 1 amide bonds. The highest BCUT2D eigenvalue weighted by Gasteiger charge is 2.17. The van der Waals surface area contributed by atoms with E-state index in [9.17, 15) is 4.79 Å². The van der Waals surface area contributed by atoms with E-state index in [4.69, 9.17) is 9.72 Å². The first-order valence-electron chi connectivity index (χ1n) is 10.1. The van der Waals surface area contributed by atoms with Crippen molar-refractivity contribution in [1.29, 1.82) is 0 Å². The number of benzene rings is 1. The van der Waals surface area contributed by atoms with Gasteiger partial charge in [0.15, 0.2) is 0 Å². The number of amides is 1. The topological polar surface area (TPSA) is 58.6 Å². The molecule has 0 radical (unpaired) electrons. The molecule has 0 unspecified atom stereocenters. The summed E-state index contributed by atoms with van der Waals surface area (Å²) in [7, 11) is 1.69. The molecule has 7 heteroatoms. The first-order valence-corrected chi connectivity index (χ1v) is 10.8. The van der Waals surface area contributed by atoms with Crippen molar-refractivity contribution in [3.8, 4) is 0 Å². The van der Waals surface area contributed by atoms with Crippen molar-refractivity contribution in [3.63, 3.8) is 0 Å². The number of anilines is 1. The van der Waals surface area contributed by atoms with E-state index < -0.39 is 0 Å². The van der Waals surface area contributed by atoms with Crippen LogP contribution in [0.15, 0.2) is 30.3 Å². The molecule has 0 bridgehead atoms. The second-order valence-electron chi connectivity index (χ2n) is 6.77. The third kappa shape index (κ3) is 7.20. The summed E-state index contributed by atoms with van der Waals surface area (Å²) in [6, 6.07) is 10.2. The Balaban J connectivity index is 1.99. The number of hydrogen-bond donors (Lipinski definition) is 0. The number of carbonyl (C=O) groups is 1. The molecule has 0 aliphatic heterocycles. The molecule has 154 valence electrons. The van der Waals surface area contributed by atoms with Crippen LogP contribution < -0.4 is 4.90 Å². The van der Waals surface area contributed by atoms with Crippen LogP contribution in [0.3, 0.4) is 0 Å². The zero-order chi connectivity index (χ0) is 20.2. The predicted octanol–water partition coefficient (Wildman–Crippen LogP) is 3.62. The van der Waals surface area contributed by atoms with Gasteiger partial charge in [0.05, 0.1) is 6.61 Å². The summed E-state index contributed by atoms with van der Waals surface area (Å²) in [5.74, 6) is 1.03. The average molecular weight is 405 g/mol. The van der Waals surface area contributed by atoms with Gasteiger partial charge < -0.3 is 14.5 Å². The average Bonchev–Trinajstić information content (AvgIpc) is 3.16. The zero-order valence-corrected chi connectivity index (χ0v) is 18.1. The van der Waals surface area contributed by atoms with Crippen molar-refractivity contribution >= 4 is 22.6 Å². The first kappa shape index (κ1) is 22.3. The number of aromatic nitrogens is 2.